The molecular formula is C18H22N4O3. The van der Waals surface area contributed by atoms with E-state index in [0.717, 1.165) is 24.9 Å². The lowest BCUT2D eigenvalue weighted by atomic mass is 10.2. The Balaban J connectivity index is 1.98. The summed E-state index contributed by atoms with van der Waals surface area (Å²) in [5, 5.41) is 5.92. The van der Waals surface area contributed by atoms with Crippen LogP contribution in [0.2, 0.25) is 0 Å². The van der Waals surface area contributed by atoms with E-state index in [9.17, 15) is 9.59 Å². The van der Waals surface area contributed by atoms with Crippen molar-refractivity contribution in [3.8, 4) is 0 Å². The number of carbonyl (C=O) groups is 2. The van der Waals surface area contributed by atoms with Crippen LogP contribution in [0.3, 0.4) is 0 Å². The molecule has 2 N–H and O–H groups in total. The van der Waals surface area contributed by atoms with E-state index in [0.29, 0.717) is 23.6 Å². The Morgan fingerprint density at radius 3 is 2.56 bits per heavy atom. The van der Waals surface area contributed by atoms with Crippen molar-refractivity contribution in [1.29, 1.82) is 0 Å². The molecule has 0 spiro atoms. The van der Waals surface area contributed by atoms with Crippen molar-refractivity contribution < 1.29 is 14.3 Å². The normalized spacial score (nSPS) is 10.2. The first kappa shape index (κ1) is 18.4. The smallest absolute Gasteiger partial charge is 0.337 e. The van der Waals surface area contributed by atoms with Crippen molar-refractivity contribution in [2.45, 2.75) is 26.2 Å². The maximum atomic E-state index is 12.1. The molecule has 1 aromatic heterocycles. The highest BCUT2D eigenvalue weighted by atomic mass is 16.5. The van der Waals surface area contributed by atoms with E-state index in [-0.39, 0.29) is 5.91 Å². The van der Waals surface area contributed by atoms with Crippen molar-refractivity contribution in [1.82, 2.24) is 15.3 Å². The molecule has 1 amide bonds. The molecule has 7 heteroatoms. The van der Waals surface area contributed by atoms with E-state index in [1.165, 1.54) is 13.4 Å². The number of esters is 1. The Kier molecular flexibility index (Phi) is 6.88. The van der Waals surface area contributed by atoms with Crippen LogP contribution in [0.4, 0.5) is 11.5 Å². The standard InChI is InChI=1S/C18H22N4O3/c1-3-4-5-10-19-17(23)15-11-16(21-12-20-15)22-14-8-6-13(7-9-14)18(24)25-2/h6-9,11-12H,3-5,10H2,1-2H3,(H,19,23)(H,20,21,22). The number of ether oxygens (including phenoxy) is 1. The number of unbranched alkanes of at least 4 members (excludes halogenated alkanes) is 2. The minimum Gasteiger partial charge on any atom is -0.465 e. The maximum absolute atomic E-state index is 12.1. The second-order valence-electron chi connectivity index (χ2n) is 5.45. The molecule has 0 fully saturated rings. The second kappa shape index (κ2) is 9.36. The average molecular weight is 342 g/mol. The SMILES string of the molecule is CCCCCNC(=O)c1cc(Nc2ccc(C(=O)OC)cc2)ncn1. The molecule has 0 saturated carbocycles. The van der Waals surface area contributed by atoms with Gasteiger partial charge in [-0.1, -0.05) is 19.8 Å². The molecular weight excluding hydrogens is 320 g/mol. The van der Waals surface area contributed by atoms with Crippen LogP contribution in [0.25, 0.3) is 0 Å². The zero-order valence-electron chi connectivity index (χ0n) is 14.4. The van der Waals surface area contributed by atoms with Gasteiger partial charge in [-0.2, -0.15) is 0 Å². The van der Waals surface area contributed by atoms with Gasteiger partial charge >= 0.3 is 5.97 Å². The third-order valence-corrected chi connectivity index (χ3v) is 3.54. The van der Waals surface area contributed by atoms with Crippen molar-refractivity contribution >= 4 is 23.4 Å². The van der Waals surface area contributed by atoms with Crippen molar-refractivity contribution in [2.75, 3.05) is 19.0 Å². The maximum Gasteiger partial charge on any atom is 0.337 e. The fraction of sp³-hybridized carbons (Fsp3) is 0.333. The summed E-state index contributed by atoms with van der Waals surface area (Å²) in [5.41, 5.74) is 1.50. The van der Waals surface area contributed by atoms with E-state index in [2.05, 4.69) is 32.3 Å². The van der Waals surface area contributed by atoms with Crippen LogP contribution in [0.5, 0.6) is 0 Å². The number of rotatable bonds is 8. The summed E-state index contributed by atoms with van der Waals surface area (Å²) in [7, 11) is 1.34. The highest BCUT2D eigenvalue weighted by Gasteiger charge is 2.09. The molecule has 0 aliphatic rings. The number of nitrogens with one attached hydrogen (secondary N) is 2. The molecule has 7 nitrogen and oxygen atoms in total. The lowest BCUT2D eigenvalue weighted by Gasteiger charge is -2.08. The first-order valence-electron chi connectivity index (χ1n) is 8.19. The molecule has 1 heterocycles. The number of anilines is 2. The summed E-state index contributed by atoms with van der Waals surface area (Å²) in [6.07, 6.45) is 4.47. The number of amides is 1. The summed E-state index contributed by atoms with van der Waals surface area (Å²) >= 11 is 0. The van der Waals surface area contributed by atoms with Crippen LogP contribution in [0, 0.1) is 0 Å². The molecule has 0 saturated heterocycles. The highest BCUT2D eigenvalue weighted by Crippen LogP contribution is 2.16. The lowest BCUT2D eigenvalue weighted by molar-refractivity contribution is 0.0600. The fourth-order valence-electron chi connectivity index (χ4n) is 2.17. The third kappa shape index (κ3) is 5.56. The van der Waals surface area contributed by atoms with Gasteiger partial charge in [0.15, 0.2) is 0 Å². The third-order valence-electron chi connectivity index (χ3n) is 3.54. The zero-order valence-corrected chi connectivity index (χ0v) is 14.4. The highest BCUT2D eigenvalue weighted by molar-refractivity contribution is 5.93. The number of benzene rings is 1. The largest absolute Gasteiger partial charge is 0.465 e. The van der Waals surface area contributed by atoms with Crippen LogP contribution in [0.15, 0.2) is 36.7 Å². The van der Waals surface area contributed by atoms with E-state index < -0.39 is 5.97 Å². The molecule has 0 aliphatic carbocycles. The predicted molar refractivity (Wildman–Crippen MR) is 95.0 cm³/mol. The minimum atomic E-state index is -0.393. The van der Waals surface area contributed by atoms with Crippen LogP contribution in [0.1, 0.15) is 47.0 Å². The van der Waals surface area contributed by atoms with Gasteiger partial charge in [0.2, 0.25) is 0 Å². The molecule has 0 bridgehead atoms. The number of aromatic nitrogens is 2. The summed E-state index contributed by atoms with van der Waals surface area (Å²) in [5.74, 6) is -0.113. The minimum absolute atomic E-state index is 0.220. The van der Waals surface area contributed by atoms with E-state index in [4.69, 9.17) is 0 Å². The Bertz CT molecular complexity index is 717. The number of hydrogen-bond donors (Lipinski definition) is 2. The van der Waals surface area contributed by atoms with Gasteiger partial charge in [0.05, 0.1) is 12.7 Å². The van der Waals surface area contributed by atoms with Gasteiger partial charge in [-0.15, -0.1) is 0 Å². The van der Waals surface area contributed by atoms with Crippen LogP contribution in [-0.4, -0.2) is 35.5 Å². The molecule has 0 atom stereocenters. The molecule has 25 heavy (non-hydrogen) atoms. The van der Waals surface area contributed by atoms with Crippen LogP contribution in [-0.2, 0) is 4.74 Å². The van der Waals surface area contributed by atoms with Gasteiger partial charge < -0.3 is 15.4 Å². The average Bonchev–Trinajstić information content (AvgIpc) is 2.65. The molecule has 2 aromatic rings. The van der Waals surface area contributed by atoms with Gasteiger partial charge in [-0.25, -0.2) is 14.8 Å². The van der Waals surface area contributed by atoms with E-state index in [1.807, 2.05) is 0 Å². The summed E-state index contributed by atoms with van der Waals surface area (Å²) in [6.45, 7) is 2.75. The van der Waals surface area contributed by atoms with Gasteiger partial charge in [-0.05, 0) is 30.7 Å². The molecule has 0 radical (unpaired) electrons. The van der Waals surface area contributed by atoms with Crippen molar-refractivity contribution in [3.05, 3.63) is 47.9 Å². The molecule has 0 unspecified atom stereocenters. The Morgan fingerprint density at radius 2 is 1.88 bits per heavy atom. The van der Waals surface area contributed by atoms with Crippen LogP contribution < -0.4 is 10.6 Å². The Morgan fingerprint density at radius 1 is 1.12 bits per heavy atom. The fourth-order valence-corrected chi connectivity index (χ4v) is 2.17. The van der Waals surface area contributed by atoms with Gasteiger partial charge in [-0.3, -0.25) is 4.79 Å². The van der Waals surface area contributed by atoms with Gasteiger partial charge in [0, 0.05) is 18.3 Å². The van der Waals surface area contributed by atoms with Crippen molar-refractivity contribution in [3.63, 3.8) is 0 Å². The zero-order chi connectivity index (χ0) is 18.1. The van der Waals surface area contributed by atoms with E-state index in [1.54, 1.807) is 30.3 Å². The molecule has 2 rings (SSSR count). The predicted octanol–water partition coefficient (Wildman–Crippen LogP) is 2.93. The summed E-state index contributed by atoms with van der Waals surface area (Å²) in [6, 6.07) is 8.36. The number of hydrogen-bond acceptors (Lipinski definition) is 6. The van der Waals surface area contributed by atoms with Crippen molar-refractivity contribution in [2.24, 2.45) is 0 Å². The quantitative estimate of drug-likeness (QED) is 0.566. The second-order valence-corrected chi connectivity index (χ2v) is 5.45. The topological polar surface area (TPSA) is 93.2 Å². The summed E-state index contributed by atoms with van der Waals surface area (Å²) < 4.78 is 4.66. The molecule has 0 aliphatic heterocycles. The number of methoxy groups -OCH3 is 1. The first-order chi connectivity index (χ1) is 12.1. The Labute approximate surface area is 146 Å². The molecule has 1 aromatic carbocycles. The van der Waals surface area contributed by atoms with E-state index >= 15 is 0 Å². The monoisotopic (exact) mass is 342 g/mol. The van der Waals surface area contributed by atoms with Gasteiger partial charge in [0.1, 0.15) is 17.8 Å². The lowest BCUT2D eigenvalue weighted by Crippen LogP contribution is -2.25. The Hall–Kier alpha value is -2.96. The summed E-state index contributed by atoms with van der Waals surface area (Å²) in [4.78, 5) is 31.6. The molecule has 132 valence electrons. The number of nitrogens with zero attached hydrogens (tertiary/aromatic N) is 2. The first-order valence-corrected chi connectivity index (χ1v) is 8.19. The number of carbonyl (C=O) groups excluding carboxylic acids is 2. The van der Waals surface area contributed by atoms with Gasteiger partial charge in [0.25, 0.3) is 5.91 Å². The van der Waals surface area contributed by atoms with Crippen LogP contribution >= 0.6 is 0 Å².